The number of carbonyl (C=O) groups is 1. The van der Waals surface area contributed by atoms with Crippen molar-refractivity contribution in [2.24, 2.45) is 0 Å². The van der Waals surface area contributed by atoms with Crippen molar-refractivity contribution >= 4 is 16.7 Å². The van der Waals surface area contributed by atoms with Crippen LogP contribution in [0.2, 0.25) is 0 Å². The number of carboxylic acids is 1. The molecule has 0 saturated carbocycles. The van der Waals surface area contributed by atoms with Crippen LogP contribution in [0.5, 0.6) is 0 Å². The van der Waals surface area contributed by atoms with Crippen LogP contribution in [0, 0.1) is 0 Å². The first-order valence-electron chi connectivity index (χ1n) is 7.71. The molecule has 2 aromatic rings. The third kappa shape index (κ3) is 3.08. The van der Waals surface area contributed by atoms with Crippen LogP contribution in [0.15, 0.2) is 42.5 Å². The molecule has 0 spiro atoms. The fourth-order valence-electron chi connectivity index (χ4n) is 3.24. The Hall–Kier alpha value is -1.87. The van der Waals surface area contributed by atoms with E-state index in [-0.39, 0.29) is 0 Å². The van der Waals surface area contributed by atoms with Gasteiger partial charge in [-0.25, -0.2) is 0 Å². The van der Waals surface area contributed by atoms with Gasteiger partial charge in [-0.1, -0.05) is 49.2 Å². The highest BCUT2D eigenvalue weighted by molar-refractivity contribution is 5.85. The maximum Gasteiger partial charge on any atom is 0.325 e. The predicted molar refractivity (Wildman–Crippen MR) is 84.4 cm³/mol. The van der Waals surface area contributed by atoms with Crippen LogP contribution < -0.4 is 0 Å². The lowest BCUT2D eigenvalue weighted by Gasteiger charge is -2.27. The fourth-order valence-corrected chi connectivity index (χ4v) is 3.24. The van der Waals surface area contributed by atoms with Crippen molar-refractivity contribution in [3.05, 3.63) is 48.0 Å². The van der Waals surface area contributed by atoms with Gasteiger partial charge in [-0.3, -0.25) is 9.69 Å². The van der Waals surface area contributed by atoms with E-state index >= 15 is 0 Å². The second kappa shape index (κ2) is 6.27. The average molecular weight is 283 g/mol. The van der Waals surface area contributed by atoms with Crippen LogP contribution in [-0.4, -0.2) is 29.1 Å². The van der Waals surface area contributed by atoms with E-state index in [2.05, 4.69) is 11.0 Å². The number of aliphatic carboxylic acids is 1. The second-order valence-corrected chi connectivity index (χ2v) is 5.80. The molecule has 3 rings (SSSR count). The lowest BCUT2D eigenvalue weighted by Crippen LogP contribution is -2.34. The highest BCUT2D eigenvalue weighted by Gasteiger charge is 2.27. The van der Waals surface area contributed by atoms with E-state index < -0.39 is 12.0 Å². The van der Waals surface area contributed by atoms with Gasteiger partial charge in [0.15, 0.2) is 0 Å². The number of fused-ring (bicyclic) bond motifs is 1. The van der Waals surface area contributed by atoms with Gasteiger partial charge >= 0.3 is 5.97 Å². The zero-order valence-corrected chi connectivity index (χ0v) is 12.2. The second-order valence-electron chi connectivity index (χ2n) is 5.80. The number of hydrogen-bond donors (Lipinski definition) is 1. The van der Waals surface area contributed by atoms with E-state index in [0.29, 0.717) is 0 Å². The molecule has 1 heterocycles. The summed E-state index contributed by atoms with van der Waals surface area (Å²) in [5.41, 5.74) is 0.892. The third-order valence-corrected chi connectivity index (χ3v) is 4.33. The molecule has 1 atom stereocenters. The zero-order valence-electron chi connectivity index (χ0n) is 12.2. The van der Waals surface area contributed by atoms with Crippen LogP contribution in [0.1, 0.15) is 37.3 Å². The minimum Gasteiger partial charge on any atom is -0.480 e. The summed E-state index contributed by atoms with van der Waals surface area (Å²) in [5.74, 6) is -0.743. The largest absolute Gasteiger partial charge is 0.480 e. The highest BCUT2D eigenvalue weighted by atomic mass is 16.4. The Bertz CT molecular complexity index is 630. The molecule has 0 bridgehead atoms. The molecule has 1 aliphatic rings. The summed E-state index contributed by atoms with van der Waals surface area (Å²) in [4.78, 5) is 13.9. The van der Waals surface area contributed by atoms with Crippen LogP contribution in [0.3, 0.4) is 0 Å². The van der Waals surface area contributed by atoms with Crippen molar-refractivity contribution in [3.8, 4) is 0 Å². The number of likely N-dealkylation sites (tertiary alicyclic amines) is 1. The molecule has 3 nitrogen and oxygen atoms in total. The monoisotopic (exact) mass is 283 g/mol. The average Bonchev–Trinajstić information content (AvgIpc) is 2.76. The van der Waals surface area contributed by atoms with E-state index in [1.165, 1.54) is 12.8 Å². The van der Waals surface area contributed by atoms with Gasteiger partial charge in [-0.15, -0.1) is 0 Å². The first kappa shape index (κ1) is 14.1. The van der Waals surface area contributed by atoms with Gasteiger partial charge in [0.2, 0.25) is 0 Å². The molecule has 0 radical (unpaired) electrons. The van der Waals surface area contributed by atoms with E-state index in [0.717, 1.165) is 42.3 Å². The standard InChI is InChI=1S/C18H21NO2/c20-18(21)17(19-11-5-1-2-6-12-19)16-10-9-14-7-3-4-8-15(14)13-16/h3-4,7-10,13,17H,1-2,5-6,11-12H2,(H,20,21). The van der Waals surface area contributed by atoms with Crippen molar-refractivity contribution in [2.45, 2.75) is 31.7 Å². The number of carboxylic acid groups (broad SMARTS) is 1. The normalized spacial score (nSPS) is 18.3. The molecule has 0 aromatic heterocycles. The highest BCUT2D eigenvalue weighted by Crippen LogP contribution is 2.27. The van der Waals surface area contributed by atoms with E-state index in [1.807, 2.05) is 36.4 Å². The fraction of sp³-hybridized carbons (Fsp3) is 0.389. The molecule has 1 fully saturated rings. The summed E-state index contributed by atoms with van der Waals surface area (Å²) >= 11 is 0. The molecule has 1 unspecified atom stereocenters. The van der Waals surface area contributed by atoms with Gasteiger partial charge in [0.05, 0.1) is 0 Å². The number of benzene rings is 2. The smallest absolute Gasteiger partial charge is 0.325 e. The Morgan fingerprint density at radius 3 is 2.29 bits per heavy atom. The molecule has 1 N–H and O–H groups in total. The lowest BCUT2D eigenvalue weighted by atomic mass is 10.0. The third-order valence-electron chi connectivity index (χ3n) is 4.33. The van der Waals surface area contributed by atoms with Crippen LogP contribution in [-0.2, 0) is 4.79 Å². The van der Waals surface area contributed by atoms with Crippen molar-refractivity contribution in [2.75, 3.05) is 13.1 Å². The Morgan fingerprint density at radius 1 is 0.952 bits per heavy atom. The van der Waals surface area contributed by atoms with Gasteiger partial charge < -0.3 is 5.11 Å². The van der Waals surface area contributed by atoms with Gasteiger partial charge in [0.25, 0.3) is 0 Å². The van der Waals surface area contributed by atoms with Crippen LogP contribution >= 0.6 is 0 Å². The minimum absolute atomic E-state index is 0.521. The minimum atomic E-state index is -0.743. The maximum atomic E-state index is 11.8. The zero-order chi connectivity index (χ0) is 14.7. The molecular weight excluding hydrogens is 262 g/mol. The summed E-state index contributed by atoms with van der Waals surface area (Å²) < 4.78 is 0. The van der Waals surface area contributed by atoms with Gasteiger partial charge in [-0.2, -0.15) is 0 Å². The summed E-state index contributed by atoms with van der Waals surface area (Å²) in [5, 5.41) is 12.0. The van der Waals surface area contributed by atoms with Crippen LogP contribution in [0.25, 0.3) is 10.8 Å². The molecule has 2 aromatic carbocycles. The Kier molecular flexibility index (Phi) is 4.20. The molecule has 0 aliphatic carbocycles. The molecule has 3 heteroatoms. The van der Waals surface area contributed by atoms with Gasteiger partial charge in [0.1, 0.15) is 6.04 Å². The van der Waals surface area contributed by atoms with Crippen molar-refractivity contribution in [1.82, 2.24) is 4.90 Å². The number of rotatable bonds is 3. The van der Waals surface area contributed by atoms with Crippen molar-refractivity contribution in [1.29, 1.82) is 0 Å². The predicted octanol–water partition coefficient (Wildman–Crippen LogP) is 3.84. The van der Waals surface area contributed by atoms with Crippen LogP contribution in [0.4, 0.5) is 0 Å². The van der Waals surface area contributed by atoms with Crippen molar-refractivity contribution < 1.29 is 9.90 Å². The molecule has 21 heavy (non-hydrogen) atoms. The topological polar surface area (TPSA) is 40.5 Å². The lowest BCUT2D eigenvalue weighted by molar-refractivity contribution is -0.143. The SMILES string of the molecule is O=C(O)C(c1ccc2ccccc2c1)N1CCCCCC1. The number of nitrogens with zero attached hydrogens (tertiary/aromatic N) is 1. The number of hydrogen-bond acceptors (Lipinski definition) is 2. The Labute approximate surface area is 125 Å². The quantitative estimate of drug-likeness (QED) is 0.930. The summed E-state index contributed by atoms with van der Waals surface area (Å²) in [6.07, 6.45) is 4.61. The first-order valence-corrected chi connectivity index (χ1v) is 7.71. The van der Waals surface area contributed by atoms with E-state index in [9.17, 15) is 9.90 Å². The summed E-state index contributed by atoms with van der Waals surface area (Å²) in [7, 11) is 0. The van der Waals surface area contributed by atoms with Gasteiger partial charge in [-0.05, 0) is 48.3 Å². The first-order chi connectivity index (χ1) is 10.3. The summed E-state index contributed by atoms with van der Waals surface area (Å²) in [6, 6.07) is 13.6. The molecule has 1 saturated heterocycles. The van der Waals surface area contributed by atoms with E-state index in [1.54, 1.807) is 0 Å². The molecular formula is C18H21NO2. The Balaban J connectivity index is 1.96. The maximum absolute atomic E-state index is 11.8. The van der Waals surface area contributed by atoms with E-state index in [4.69, 9.17) is 0 Å². The van der Waals surface area contributed by atoms with Gasteiger partial charge in [0, 0.05) is 0 Å². The Morgan fingerprint density at radius 2 is 1.62 bits per heavy atom. The molecule has 110 valence electrons. The van der Waals surface area contributed by atoms with Crippen molar-refractivity contribution in [3.63, 3.8) is 0 Å². The molecule has 0 amide bonds. The molecule has 1 aliphatic heterocycles. The summed E-state index contributed by atoms with van der Waals surface area (Å²) in [6.45, 7) is 1.76.